The van der Waals surface area contributed by atoms with Crippen LogP contribution >= 0.6 is 0 Å². The molecule has 0 aliphatic carbocycles. The third-order valence-corrected chi connectivity index (χ3v) is 7.73. The molecule has 0 radical (unpaired) electrons. The fourth-order valence-corrected chi connectivity index (χ4v) is 5.30. The van der Waals surface area contributed by atoms with Crippen LogP contribution in [0.2, 0.25) is 0 Å². The number of amides is 1. The Morgan fingerprint density at radius 1 is 0.971 bits per heavy atom. The second kappa shape index (κ2) is 10.3. The molecule has 7 nitrogen and oxygen atoms in total. The van der Waals surface area contributed by atoms with Gasteiger partial charge < -0.3 is 14.8 Å². The van der Waals surface area contributed by atoms with Gasteiger partial charge in [0.15, 0.2) is 6.61 Å². The van der Waals surface area contributed by atoms with E-state index < -0.39 is 10.0 Å². The van der Waals surface area contributed by atoms with Crippen molar-refractivity contribution in [2.45, 2.75) is 31.2 Å². The number of nitrogens with zero attached hydrogens (tertiary/aromatic N) is 1. The highest BCUT2D eigenvalue weighted by molar-refractivity contribution is 7.89. The third kappa shape index (κ3) is 5.40. The van der Waals surface area contributed by atoms with Crippen LogP contribution in [-0.4, -0.2) is 38.9 Å². The molecule has 1 heterocycles. The Kier molecular flexibility index (Phi) is 7.19. The molecule has 4 rings (SSSR count). The number of hydrogen-bond acceptors (Lipinski definition) is 5. The maximum absolute atomic E-state index is 13.1. The molecule has 1 aliphatic heterocycles. The van der Waals surface area contributed by atoms with E-state index in [1.54, 1.807) is 24.3 Å². The summed E-state index contributed by atoms with van der Waals surface area (Å²) in [5, 5.41) is 2.84. The minimum absolute atomic E-state index is 0.111. The van der Waals surface area contributed by atoms with E-state index >= 15 is 0 Å². The molecule has 34 heavy (non-hydrogen) atoms. The summed E-state index contributed by atoms with van der Waals surface area (Å²) < 4.78 is 38.4. The van der Waals surface area contributed by atoms with Crippen LogP contribution in [-0.2, 0) is 34.2 Å². The number of carbonyl (C=O) groups is 1. The number of hydrogen-bond donors (Lipinski definition) is 1. The first-order valence-electron chi connectivity index (χ1n) is 11.2. The van der Waals surface area contributed by atoms with E-state index in [1.807, 2.05) is 42.5 Å². The van der Waals surface area contributed by atoms with Gasteiger partial charge in [-0.3, -0.25) is 4.79 Å². The molecule has 1 aliphatic rings. The minimum Gasteiger partial charge on any atom is -0.497 e. The highest BCUT2D eigenvalue weighted by Gasteiger charge is 2.28. The van der Waals surface area contributed by atoms with Crippen LogP contribution in [0.1, 0.15) is 23.6 Å². The van der Waals surface area contributed by atoms with Gasteiger partial charge >= 0.3 is 0 Å². The molecule has 1 amide bonds. The van der Waals surface area contributed by atoms with Gasteiger partial charge in [-0.25, -0.2) is 8.42 Å². The molecule has 0 fully saturated rings. The van der Waals surface area contributed by atoms with Gasteiger partial charge in [-0.05, 0) is 78.1 Å². The topological polar surface area (TPSA) is 84.9 Å². The van der Waals surface area contributed by atoms with E-state index in [0.717, 1.165) is 17.5 Å². The molecule has 8 heteroatoms. The number of carbonyl (C=O) groups excluding carboxylic acids is 1. The van der Waals surface area contributed by atoms with Crippen molar-refractivity contribution in [3.63, 3.8) is 0 Å². The maximum Gasteiger partial charge on any atom is 0.262 e. The number of ether oxygens (including phenoxy) is 2. The zero-order chi connectivity index (χ0) is 24.1. The molecule has 0 saturated carbocycles. The monoisotopic (exact) mass is 480 g/mol. The molecule has 0 saturated heterocycles. The Balaban J connectivity index is 1.40. The number of benzene rings is 3. The van der Waals surface area contributed by atoms with Crippen molar-refractivity contribution in [2.24, 2.45) is 0 Å². The van der Waals surface area contributed by atoms with E-state index in [2.05, 4.69) is 12.2 Å². The lowest BCUT2D eigenvalue weighted by atomic mass is 10.0. The van der Waals surface area contributed by atoms with Crippen molar-refractivity contribution in [3.05, 3.63) is 83.4 Å². The molecular weight excluding hydrogens is 452 g/mol. The molecule has 3 aromatic rings. The molecule has 3 aromatic carbocycles. The van der Waals surface area contributed by atoms with Crippen molar-refractivity contribution >= 4 is 21.6 Å². The number of anilines is 1. The smallest absolute Gasteiger partial charge is 0.262 e. The highest BCUT2D eigenvalue weighted by atomic mass is 32.2. The number of rotatable bonds is 8. The van der Waals surface area contributed by atoms with Gasteiger partial charge in [-0.2, -0.15) is 4.31 Å². The quantitative estimate of drug-likeness (QED) is 0.526. The summed E-state index contributed by atoms with van der Waals surface area (Å²) in [6.07, 6.45) is 1.55. The second-order valence-electron chi connectivity index (χ2n) is 8.08. The molecule has 0 unspecified atom stereocenters. The van der Waals surface area contributed by atoms with E-state index in [0.29, 0.717) is 30.2 Å². The minimum atomic E-state index is -3.64. The number of aryl methyl sites for hydroxylation is 1. The lowest BCUT2D eigenvalue weighted by Crippen LogP contribution is -2.36. The summed E-state index contributed by atoms with van der Waals surface area (Å²) in [5.74, 6) is 0.959. The standard InChI is InChI=1S/C26H28N2O5S/c1-3-19-4-8-24(9-5-19)33-18-26(29)27-22-7-6-20-14-15-28(17-21(20)16-22)34(30,31)25-12-10-23(32-2)11-13-25/h4-13,16H,3,14-15,17-18H2,1-2H3,(H,27,29). The van der Waals surface area contributed by atoms with Gasteiger partial charge in [-0.1, -0.05) is 25.1 Å². The van der Waals surface area contributed by atoms with Crippen LogP contribution in [0.25, 0.3) is 0 Å². The Labute approximate surface area is 200 Å². The van der Waals surface area contributed by atoms with Crippen LogP contribution in [0, 0.1) is 0 Å². The lowest BCUT2D eigenvalue weighted by Gasteiger charge is -2.28. The summed E-state index contributed by atoms with van der Waals surface area (Å²) in [5.41, 5.74) is 3.76. The maximum atomic E-state index is 13.1. The van der Waals surface area contributed by atoms with Crippen molar-refractivity contribution in [1.82, 2.24) is 4.31 Å². The predicted molar refractivity (Wildman–Crippen MR) is 131 cm³/mol. The van der Waals surface area contributed by atoms with Gasteiger partial charge in [0.25, 0.3) is 5.91 Å². The molecule has 0 aromatic heterocycles. The Morgan fingerprint density at radius 3 is 2.35 bits per heavy atom. The first-order valence-corrected chi connectivity index (χ1v) is 12.6. The van der Waals surface area contributed by atoms with E-state index in [-0.39, 0.29) is 24.0 Å². The predicted octanol–water partition coefficient (Wildman–Crippen LogP) is 4.02. The van der Waals surface area contributed by atoms with Crippen molar-refractivity contribution in [3.8, 4) is 11.5 Å². The number of methoxy groups -OCH3 is 1. The van der Waals surface area contributed by atoms with E-state index in [1.165, 1.54) is 17.0 Å². The van der Waals surface area contributed by atoms with Gasteiger partial charge in [0, 0.05) is 18.8 Å². The summed E-state index contributed by atoms with van der Waals surface area (Å²) in [6.45, 7) is 2.61. The lowest BCUT2D eigenvalue weighted by molar-refractivity contribution is -0.118. The summed E-state index contributed by atoms with van der Waals surface area (Å²) in [4.78, 5) is 12.6. The largest absolute Gasteiger partial charge is 0.497 e. The van der Waals surface area contributed by atoms with Gasteiger partial charge in [0.1, 0.15) is 11.5 Å². The van der Waals surface area contributed by atoms with Crippen LogP contribution in [0.4, 0.5) is 5.69 Å². The number of sulfonamides is 1. The normalized spacial score (nSPS) is 13.7. The van der Waals surface area contributed by atoms with Crippen molar-refractivity contribution in [2.75, 3.05) is 25.6 Å². The molecule has 178 valence electrons. The Bertz CT molecular complexity index is 1260. The second-order valence-corrected chi connectivity index (χ2v) is 10.0. The third-order valence-electron chi connectivity index (χ3n) is 5.87. The highest BCUT2D eigenvalue weighted by Crippen LogP contribution is 2.28. The molecule has 0 atom stereocenters. The zero-order valence-corrected chi connectivity index (χ0v) is 20.1. The zero-order valence-electron chi connectivity index (χ0n) is 19.3. The first kappa shape index (κ1) is 23.8. The fourth-order valence-electron chi connectivity index (χ4n) is 3.88. The van der Waals surface area contributed by atoms with Crippen LogP contribution < -0.4 is 14.8 Å². The first-order chi connectivity index (χ1) is 16.4. The van der Waals surface area contributed by atoms with Gasteiger partial charge in [0.05, 0.1) is 12.0 Å². The van der Waals surface area contributed by atoms with Gasteiger partial charge in [0.2, 0.25) is 10.0 Å². The van der Waals surface area contributed by atoms with Gasteiger partial charge in [-0.15, -0.1) is 0 Å². The van der Waals surface area contributed by atoms with Crippen molar-refractivity contribution in [1.29, 1.82) is 0 Å². The van der Waals surface area contributed by atoms with E-state index in [4.69, 9.17) is 9.47 Å². The van der Waals surface area contributed by atoms with Crippen LogP contribution in [0.5, 0.6) is 11.5 Å². The molecule has 0 spiro atoms. The van der Waals surface area contributed by atoms with E-state index in [9.17, 15) is 13.2 Å². The summed E-state index contributed by atoms with van der Waals surface area (Å²) in [6, 6.07) is 19.6. The summed E-state index contributed by atoms with van der Waals surface area (Å²) in [7, 11) is -2.10. The van der Waals surface area contributed by atoms with Crippen LogP contribution in [0.3, 0.4) is 0 Å². The average molecular weight is 481 g/mol. The molecule has 1 N–H and O–H groups in total. The molecular formula is C26H28N2O5S. The fraction of sp³-hybridized carbons (Fsp3) is 0.269. The number of fused-ring (bicyclic) bond motifs is 1. The Hall–Kier alpha value is -3.36. The summed E-state index contributed by atoms with van der Waals surface area (Å²) >= 11 is 0. The Morgan fingerprint density at radius 2 is 1.68 bits per heavy atom. The SMILES string of the molecule is CCc1ccc(OCC(=O)Nc2ccc3c(c2)CN(S(=O)(=O)c2ccc(OC)cc2)CC3)cc1. The van der Waals surface area contributed by atoms with Crippen molar-refractivity contribution < 1.29 is 22.7 Å². The average Bonchev–Trinajstić information content (AvgIpc) is 2.87. The number of nitrogens with one attached hydrogen (secondary N) is 1. The molecule has 0 bridgehead atoms. The van der Waals surface area contributed by atoms with Crippen LogP contribution in [0.15, 0.2) is 71.6 Å².